The summed E-state index contributed by atoms with van der Waals surface area (Å²) >= 11 is 0. The Bertz CT molecular complexity index is 609. The second kappa shape index (κ2) is 4.32. The van der Waals surface area contributed by atoms with Crippen LogP contribution in [0.1, 0.15) is 13.3 Å². The fourth-order valence-electron chi connectivity index (χ4n) is 2.01. The van der Waals surface area contributed by atoms with Gasteiger partial charge in [0.15, 0.2) is 9.84 Å². The highest BCUT2D eigenvalue weighted by molar-refractivity contribution is 7.91. The van der Waals surface area contributed by atoms with Crippen molar-refractivity contribution in [3.63, 3.8) is 0 Å². The molecule has 2 heterocycles. The van der Waals surface area contributed by atoms with E-state index in [1.54, 1.807) is 0 Å². The van der Waals surface area contributed by atoms with Gasteiger partial charge in [-0.2, -0.15) is 22.5 Å². The number of hydrogen-bond acceptors (Lipinski definition) is 4. The zero-order valence-electron chi connectivity index (χ0n) is 9.81. The fourth-order valence-corrected chi connectivity index (χ4v) is 4.10. The van der Waals surface area contributed by atoms with Crippen LogP contribution in [-0.4, -0.2) is 30.4 Å². The third-order valence-corrected chi connectivity index (χ3v) is 4.83. The van der Waals surface area contributed by atoms with E-state index in [0.717, 1.165) is 0 Å². The molecule has 2 rings (SSSR count). The van der Waals surface area contributed by atoms with Gasteiger partial charge in [0.05, 0.1) is 11.5 Å². The zero-order chi connectivity index (χ0) is 14.4. The predicted molar refractivity (Wildman–Crippen MR) is 59.4 cm³/mol. The van der Waals surface area contributed by atoms with Crippen molar-refractivity contribution >= 4 is 15.5 Å². The number of hydrogen-bond donors (Lipinski definition) is 1. The molecule has 1 saturated heterocycles. The number of sulfone groups is 1. The number of nitrogens with one attached hydrogen (secondary N) is 1. The highest BCUT2D eigenvalue weighted by Crippen LogP contribution is 2.31. The molecule has 1 aliphatic heterocycles. The van der Waals surface area contributed by atoms with Gasteiger partial charge in [-0.3, -0.25) is 0 Å². The molecule has 0 radical (unpaired) electrons. The molecule has 1 aromatic rings. The molecule has 19 heavy (non-hydrogen) atoms. The van der Waals surface area contributed by atoms with Gasteiger partial charge >= 0.3 is 0 Å². The summed E-state index contributed by atoms with van der Waals surface area (Å²) in [5, 5.41) is 2.24. The van der Waals surface area contributed by atoms with Crippen molar-refractivity contribution in [2.45, 2.75) is 18.9 Å². The van der Waals surface area contributed by atoms with E-state index in [9.17, 15) is 26.0 Å². The Kier molecular flexibility index (Phi) is 3.20. The molecule has 1 atom stereocenters. The number of pyridine rings is 1. The average Bonchev–Trinajstić information content (AvgIpc) is 2.57. The van der Waals surface area contributed by atoms with Gasteiger partial charge in [0.2, 0.25) is 11.6 Å². The van der Waals surface area contributed by atoms with Crippen molar-refractivity contribution < 1.29 is 26.0 Å². The van der Waals surface area contributed by atoms with Crippen LogP contribution in [-0.2, 0) is 9.84 Å². The van der Waals surface area contributed by atoms with E-state index < -0.39 is 44.6 Å². The Morgan fingerprint density at radius 3 is 2.11 bits per heavy atom. The lowest BCUT2D eigenvalue weighted by atomic mass is 10.0. The SMILES string of the molecule is CC1(Nc2c(F)c(F)nc(F)c2F)CCS(=O)(=O)C1. The van der Waals surface area contributed by atoms with Crippen molar-refractivity contribution in [3.8, 4) is 0 Å². The van der Waals surface area contributed by atoms with Crippen LogP contribution in [0, 0.1) is 23.5 Å². The lowest BCUT2D eigenvalue weighted by Crippen LogP contribution is -2.37. The van der Waals surface area contributed by atoms with E-state index in [2.05, 4.69) is 10.3 Å². The summed E-state index contributed by atoms with van der Waals surface area (Å²) in [7, 11) is -3.33. The minimum Gasteiger partial charge on any atom is -0.374 e. The average molecular weight is 298 g/mol. The second-order valence-electron chi connectivity index (χ2n) is 4.72. The van der Waals surface area contributed by atoms with Gasteiger partial charge in [0.25, 0.3) is 11.9 Å². The monoisotopic (exact) mass is 298 g/mol. The highest BCUT2D eigenvalue weighted by Gasteiger charge is 2.40. The zero-order valence-corrected chi connectivity index (χ0v) is 10.6. The molecule has 1 aromatic heterocycles. The van der Waals surface area contributed by atoms with Crippen LogP contribution >= 0.6 is 0 Å². The molecule has 106 valence electrons. The van der Waals surface area contributed by atoms with Crippen LogP contribution in [0.4, 0.5) is 23.2 Å². The van der Waals surface area contributed by atoms with Gasteiger partial charge in [-0.1, -0.05) is 0 Å². The molecule has 0 spiro atoms. The Labute approximate surface area is 106 Å². The maximum atomic E-state index is 13.4. The minimum absolute atomic E-state index is 0.0831. The third-order valence-electron chi connectivity index (χ3n) is 2.93. The molecule has 1 N–H and O–H groups in total. The maximum Gasteiger partial charge on any atom is 0.253 e. The van der Waals surface area contributed by atoms with Gasteiger partial charge in [0.1, 0.15) is 5.69 Å². The molecular formula is C10H10F4N2O2S. The molecule has 0 saturated carbocycles. The first-order valence-electron chi connectivity index (χ1n) is 5.32. The summed E-state index contributed by atoms with van der Waals surface area (Å²) in [5.41, 5.74) is -2.22. The molecule has 9 heteroatoms. The molecule has 0 amide bonds. The van der Waals surface area contributed by atoms with Gasteiger partial charge in [-0.05, 0) is 13.3 Å². The van der Waals surface area contributed by atoms with E-state index in [0.29, 0.717) is 0 Å². The summed E-state index contributed by atoms with van der Waals surface area (Å²) in [5.74, 6) is -7.45. The second-order valence-corrected chi connectivity index (χ2v) is 6.91. The maximum absolute atomic E-state index is 13.4. The van der Waals surface area contributed by atoms with Crippen LogP contribution in [0.25, 0.3) is 0 Å². The first-order chi connectivity index (χ1) is 8.64. The number of aromatic nitrogens is 1. The Morgan fingerprint density at radius 1 is 1.16 bits per heavy atom. The highest BCUT2D eigenvalue weighted by atomic mass is 32.2. The van der Waals surface area contributed by atoms with Gasteiger partial charge < -0.3 is 5.32 Å². The standard InChI is InChI=1S/C10H10F4N2O2S/c1-10(2-3-19(17,18)4-10)16-7-5(11)8(13)15-9(14)6(7)12/h2-4H2,1H3,(H,15,16). The van der Waals surface area contributed by atoms with Crippen LogP contribution in [0.5, 0.6) is 0 Å². The summed E-state index contributed by atoms with van der Waals surface area (Å²) in [6.45, 7) is 1.41. The largest absolute Gasteiger partial charge is 0.374 e. The number of rotatable bonds is 2. The lowest BCUT2D eigenvalue weighted by Gasteiger charge is -2.25. The van der Waals surface area contributed by atoms with E-state index in [-0.39, 0.29) is 17.9 Å². The normalized spacial score (nSPS) is 25.5. The summed E-state index contributed by atoms with van der Waals surface area (Å²) in [6, 6.07) is 0. The van der Waals surface area contributed by atoms with Crippen LogP contribution in [0.2, 0.25) is 0 Å². The van der Waals surface area contributed by atoms with Crippen LogP contribution < -0.4 is 5.32 Å². The van der Waals surface area contributed by atoms with Gasteiger partial charge in [-0.15, -0.1) is 0 Å². The molecule has 1 unspecified atom stereocenters. The molecule has 1 fully saturated rings. The first kappa shape index (κ1) is 14.0. The van der Waals surface area contributed by atoms with Crippen molar-refractivity contribution in [2.24, 2.45) is 0 Å². The fraction of sp³-hybridized carbons (Fsp3) is 0.500. The van der Waals surface area contributed by atoms with Crippen molar-refractivity contribution in [1.82, 2.24) is 4.98 Å². The lowest BCUT2D eigenvalue weighted by molar-refractivity contribution is 0.406. The van der Waals surface area contributed by atoms with Crippen molar-refractivity contribution in [3.05, 3.63) is 23.5 Å². The Balaban J connectivity index is 2.40. The van der Waals surface area contributed by atoms with E-state index >= 15 is 0 Å². The quantitative estimate of drug-likeness (QED) is 0.666. The van der Waals surface area contributed by atoms with Gasteiger partial charge in [-0.25, -0.2) is 8.42 Å². The molecule has 1 aliphatic rings. The van der Waals surface area contributed by atoms with Crippen molar-refractivity contribution in [1.29, 1.82) is 0 Å². The topological polar surface area (TPSA) is 59.1 Å². The molecule has 0 aromatic carbocycles. The van der Waals surface area contributed by atoms with Crippen molar-refractivity contribution in [2.75, 3.05) is 16.8 Å². The third kappa shape index (κ3) is 2.65. The van der Waals surface area contributed by atoms with E-state index in [1.165, 1.54) is 6.92 Å². The first-order valence-corrected chi connectivity index (χ1v) is 7.14. The summed E-state index contributed by atoms with van der Waals surface area (Å²) in [6.07, 6.45) is 0.0831. The number of halogens is 4. The van der Waals surface area contributed by atoms with Crippen LogP contribution in [0.15, 0.2) is 0 Å². The number of nitrogens with zero attached hydrogens (tertiary/aromatic N) is 1. The number of anilines is 1. The Morgan fingerprint density at radius 2 is 1.68 bits per heavy atom. The predicted octanol–water partition coefficient (Wildman–Crippen LogP) is 1.63. The molecule has 0 aliphatic carbocycles. The Hall–Kier alpha value is -1.38. The van der Waals surface area contributed by atoms with Crippen LogP contribution in [0.3, 0.4) is 0 Å². The van der Waals surface area contributed by atoms with Gasteiger partial charge in [0, 0.05) is 5.54 Å². The summed E-state index contributed by atoms with van der Waals surface area (Å²) in [4.78, 5) is 2.42. The summed E-state index contributed by atoms with van der Waals surface area (Å²) < 4.78 is 75.3. The molecule has 4 nitrogen and oxygen atoms in total. The molecule has 0 bridgehead atoms. The minimum atomic E-state index is -3.33. The smallest absolute Gasteiger partial charge is 0.253 e. The van der Waals surface area contributed by atoms with E-state index in [1.807, 2.05) is 0 Å². The molecular weight excluding hydrogens is 288 g/mol. The van der Waals surface area contributed by atoms with E-state index in [4.69, 9.17) is 0 Å².